The number of rotatable bonds is 8. The summed E-state index contributed by atoms with van der Waals surface area (Å²) in [6.45, 7) is 3.54. The molecule has 0 spiro atoms. The summed E-state index contributed by atoms with van der Waals surface area (Å²) in [7, 11) is 0. The molecule has 0 radical (unpaired) electrons. The number of aliphatic hydroxyl groups is 1. The van der Waals surface area contributed by atoms with Gasteiger partial charge in [-0.15, -0.1) is 0 Å². The minimum Gasteiger partial charge on any atom is -0.392 e. The number of benzene rings is 2. The molecule has 0 saturated heterocycles. The molecule has 1 aliphatic carbocycles. The molecule has 2 aliphatic rings. The van der Waals surface area contributed by atoms with Crippen LogP contribution in [-0.4, -0.2) is 34.7 Å². The fourth-order valence-electron chi connectivity index (χ4n) is 4.01. The second kappa shape index (κ2) is 10.5. The van der Waals surface area contributed by atoms with Crippen LogP contribution in [0.15, 0.2) is 60.4 Å². The molecule has 0 bridgehead atoms. The van der Waals surface area contributed by atoms with Gasteiger partial charge >= 0.3 is 0 Å². The Morgan fingerprint density at radius 2 is 1.97 bits per heavy atom. The molecule has 0 aromatic heterocycles. The van der Waals surface area contributed by atoms with Crippen molar-refractivity contribution in [2.24, 2.45) is 0 Å². The van der Waals surface area contributed by atoms with E-state index in [1.165, 1.54) is 11.1 Å². The monoisotopic (exact) mass is 452 g/mol. The molecule has 2 aromatic carbocycles. The van der Waals surface area contributed by atoms with E-state index >= 15 is 0 Å². The average Bonchev–Trinajstić information content (AvgIpc) is 2.78. The molecule has 5 nitrogen and oxygen atoms in total. The fourth-order valence-corrected chi connectivity index (χ4v) is 4.14. The summed E-state index contributed by atoms with van der Waals surface area (Å²) in [5.74, 6) is 0.0576. The van der Waals surface area contributed by atoms with Crippen molar-refractivity contribution in [3.63, 3.8) is 0 Å². The third-order valence-electron chi connectivity index (χ3n) is 5.73. The smallest absolute Gasteiger partial charge is 0.233 e. The SMILES string of the molecule is CC(O)CNCc1ccc2c(c1)CCC(N1C=CC(OCc3ccc(Cl)cc3)CC1=O)=C2. The maximum atomic E-state index is 12.8. The van der Waals surface area contributed by atoms with E-state index in [4.69, 9.17) is 16.3 Å². The Balaban J connectivity index is 1.37. The molecule has 2 atom stereocenters. The van der Waals surface area contributed by atoms with Gasteiger partial charge in [0.25, 0.3) is 0 Å². The molecule has 4 rings (SSSR count). The molecule has 0 saturated carbocycles. The number of nitrogens with one attached hydrogen (secondary N) is 1. The Morgan fingerprint density at radius 1 is 1.19 bits per heavy atom. The second-order valence-corrected chi connectivity index (χ2v) is 8.87. The zero-order valence-electron chi connectivity index (χ0n) is 18.3. The van der Waals surface area contributed by atoms with E-state index in [-0.39, 0.29) is 18.1 Å². The van der Waals surface area contributed by atoms with Gasteiger partial charge in [-0.2, -0.15) is 0 Å². The highest BCUT2D eigenvalue weighted by Crippen LogP contribution is 2.29. The Hall–Kier alpha value is -2.44. The van der Waals surface area contributed by atoms with Crippen molar-refractivity contribution < 1.29 is 14.6 Å². The van der Waals surface area contributed by atoms with E-state index in [0.717, 1.165) is 36.2 Å². The standard InChI is InChI=1S/C26H29ClN2O3/c1-18(30)15-28-16-20-2-5-22-13-24(9-6-21(22)12-20)29-11-10-25(14-26(29)31)32-17-19-3-7-23(27)8-4-19/h2-5,7-8,10-13,18,25,28,30H,6,9,14-17H2,1H3. The van der Waals surface area contributed by atoms with E-state index in [1.54, 1.807) is 11.8 Å². The summed E-state index contributed by atoms with van der Waals surface area (Å²) < 4.78 is 5.91. The number of halogens is 1. The topological polar surface area (TPSA) is 61.8 Å². The Morgan fingerprint density at radius 3 is 2.72 bits per heavy atom. The number of allylic oxidation sites excluding steroid dienone is 1. The minimum atomic E-state index is -0.351. The highest BCUT2D eigenvalue weighted by molar-refractivity contribution is 6.30. The lowest BCUT2D eigenvalue weighted by Crippen LogP contribution is -2.34. The van der Waals surface area contributed by atoms with Crippen molar-refractivity contribution in [2.45, 2.75) is 51.5 Å². The first-order valence-electron chi connectivity index (χ1n) is 11.1. The van der Waals surface area contributed by atoms with Crippen LogP contribution in [0.5, 0.6) is 0 Å². The lowest BCUT2D eigenvalue weighted by molar-refractivity contribution is -0.130. The van der Waals surface area contributed by atoms with Gasteiger partial charge in [-0.3, -0.25) is 9.69 Å². The number of carbonyl (C=O) groups excluding carboxylic acids is 1. The maximum absolute atomic E-state index is 12.8. The van der Waals surface area contributed by atoms with Gasteiger partial charge in [0, 0.05) is 30.0 Å². The Kier molecular flexibility index (Phi) is 7.43. The molecule has 168 valence electrons. The van der Waals surface area contributed by atoms with E-state index in [0.29, 0.717) is 24.6 Å². The number of ether oxygens (including phenoxy) is 1. The molecule has 2 aromatic rings. The van der Waals surface area contributed by atoms with Gasteiger partial charge in [0.2, 0.25) is 5.91 Å². The predicted molar refractivity (Wildman–Crippen MR) is 127 cm³/mol. The van der Waals surface area contributed by atoms with Crippen molar-refractivity contribution in [3.8, 4) is 0 Å². The summed E-state index contributed by atoms with van der Waals surface area (Å²) in [5.41, 5.74) is 5.71. The first kappa shape index (κ1) is 22.7. The molecule has 2 N–H and O–H groups in total. The van der Waals surface area contributed by atoms with Crippen LogP contribution in [0, 0.1) is 0 Å². The molecular formula is C26H29ClN2O3. The number of amides is 1. The molecular weight excluding hydrogens is 424 g/mol. The third kappa shape index (κ3) is 5.87. The average molecular weight is 453 g/mol. The number of nitrogens with zero attached hydrogens (tertiary/aromatic N) is 1. The van der Waals surface area contributed by atoms with Crippen LogP contribution in [0.4, 0.5) is 0 Å². The van der Waals surface area contributed by atoms with Crippen molar-refractivity contribution in [1.82, 2.24) is 10.2 Å². The number of hydrogen-bond donors (Lipinski definition) is 2. The molecule has 1 amide bonds. The number of carbonyl (C=O) groups is 1. The van der Waals surface area contributed by atoms with Crippen molar-refractivity contribution in [2.75, 3.05) is 6.54 Å². The lowest BCUT2D eigenvalue weighted by atomic mass is 9.92. The molecule has 2 unspecified atom stereocenters. The zero-order valence-corrected chi connectivity index (χ0v) is 19.0. The summed E-state index contributed by atoms with van der Waals surface area (Å²) in [5, 5.41) is 13.3. The van der Waals surface area contributed by atoms with Gasteiger partial charge in [-0.1, -0.05) is 41.9 Å². The van der Waals surface area contributed by atoms with Crippen LogP contribution >= 0.6 is 11.6 Å². The Bertz CT molecular complexity index is 1010. The van der Waals surface area contributed by atoms with E-state index < -0.39 is 0 Å². The highest BCUT2D eigenvalue weighted by Gasteiger charge is 2.26. The maximum Gasteiger partial charge on any atom is 0.233 e. The Labute approximate surface area is 194 Å². The van der Waals surface area contributed by atoms with Crippen LogP contribution in [0.2, 0.25) is 5.02 Å². The van der Waals surface area contributed by atoms with Crippen molar-refractivity contribution in [3.05, 3.63) is 87.7 Å². The van der Waals surface area contributed by atoms with Crippen LogP contribution in [0.1, 0.15) is 42.0 Å². The summed E-state index contributed by atoms with van der Waals surface area (Å²) in [6.07, 6.45) is 7.42. The normalized spacial score (nSPS) is 19.0. The highest BCUT2D eigenvalue weighted by atomic mass is 35.5. The van der Waals surface area contributed by atoms with Crippen LogP contribution in [0.3, 0.4) is 0 Å². The molecule has 1 aliphatic heterocycles. The number of fused-ring (bicyclic) bond motifs is 1. The molecule has 1 heterocycles. The first-order valence-corrected chi connectivity index (χ1v) is 11.4. The molecule has 6 heteroatoms. The third-order valence-corrected chi connectivity index (χ3v) is 5.98. The summed E-state index contributed by atoms with van der Waals surface area (Å²) in [4.78, 5) is 14.6. The van der Waals surface area contributed by atoms with E-state index in [9.17, 15) is 9.90 Å². The zero-order chi connectivity index (χ0) is 22.5. The predicted octanol–water partition coefficient (Wildman–Crippen LogP) is 4.43. The van der Waals surface area contributed by atoms with Gasteiger partial charge in [-0.25, -0.2) is 0 Å². The van der Waals surface area contributed by atoms with Crippen LogP contribution < -0.4 is 5.32 Å². The second-order valence-electron chi connectivity index (χ2n) is 8.43. The minimum absolute atomic E-state index is 0.0576. The fraction of sp³-hybridized carbons (Fsp3) is 0.346. The largest absolute Gasteiger partial charge is 0.392 e. The van der Waals surface area contributed by atoms with Gasteiger partial charge in [0.05, 0.1) is 25.2 Å². The first-order chi connectivity index (χ1) is 15.5. The quantitative estimate of drug-likeness (QED) is 0.622. The van der Waals surface area contributed by atoms with Crippen LogP contribution in [-0.2, 0) is 29.1 Å². The van der Waals surface area contributed by atoms with E-state index in [1.807, 2.05) is 36.5 Å². The van der Waals surface area contributed by atoms with Crippen LogP contribution in [0.25, 0.3) is 6.08 Å². The van der Waals surface area contributed by atoms with Gasteiger partial charge in [0.1, 0.15) is 0 Å². The van der Waals surface area contributed by atoms with Gasteiger partial charge in [0.15, 0.2) is 0 Å². The van der Waals surface area contributed by atoms with Gasteiger partial charge < -0.3 is 15.2 Å². The molecule has 0 fully saturated rings. The van der Waals surface area contributed by atoms with Crippen molar-refractivity contribution in [1.29, 1.82) is 0 Å². The number of aryl methyl sites for hydroxylation is 1. The van der Waals surface area contributed by atoms with Gasteiger partial charge in [-0.05, 0) is 66.3 Å². The van der Waals surface area contributed by atoms with Crippen molar-refractivity contribution >= 4 is 23.6 Å². The summed E-state index contributed by atoms with van der Waals surface area (Å²) >= 11 is 5.92. The van der Waals surface area contributed by atoms with E-state index in [2.05, 4.69) is 29.6 Å². The number of aliphatic hydroxyl groups excluding tert-OH is 1. The number of hydrogen-bond acceptors (Lipinski definition) is 4. The molecule has 32 heavy (non-hydrogen) atoms. The lowest BCUT2D eigenvalue weighted by Gasteiger charge is -2.30. The summed E-state index contributed by atoms with van der Waals surface area (Å²) in [6, 6.07) is 14.0.